The van der Waals surface area contributed by atoms with Crippen LogP contribution in [0.4, 0.5) is 4.39 Å². The predicted molar refractivity (Wildman–Crippen MR) is 258 cm³/mol. The van der Waals surface area contributed by atoms with Crippen molar-refractivity contribution in [2.45, 2.75) is 84.0 Å². The third-order valence-corrected chi connectivity index (χ3v) is 11.0. The summed E-state index contributed by atoms with van der Waals surface area (Å²) in [4.78, 5) is 47.9. The van der Waals surface area contributed by atoms with Gasteiger partial charge in [-0.1, -0.05) is 93.7 Å². The van der Waals surface area contributed by atoms with Crippen LogP contribution in [-0.2, 0) is 19.7 Å². The number of nitrogens with one attached hydrogen (secondary N) is 3. The van der Waals surface area contributed by atoms with Gasteiger partial charge in [-0.2, -0.15) is 0 Å². The second-order valence-corrected chi connectivity index (χ2v) is 16.7. The van der Waals surface area contributed by atoms with Crippen LogP contribution in [0, 0.1) is 5.82 Å². The number of morpholine rings is 1. The van der Waals surface area contributed by atoms with Crippen molar-refractivity contribution < 1.29 is 28.2 Å². The Hall–Kier alpha value is -5.78. The van der Waals surface area contributed by atoms with Gasteiger partial charge in [0.2, 0.25) is 5.91 Å². The van der Waals surface area contributed by atoms with Gasteiger partial charge in [0.1, 0.15) is 11.6 Å². The molecule has 1 saturated heterocycles. The molecular weight excluding hydrogens is 806 g/mol. The van der Waals surface area contributed by atoms with Gasteiger partial charge in [-0.25, -0.2) is 4.39 Å². The molecular formula is C53H68FN5O5. The zero-order valence-electron chi connectivity index (χ0n) is 38.1. The monoisotopic (exact) mass is 874 g/mol. The molecule has 3 aromatic rings. The van der Waals surface area contributed by atoms with Gasteiger partial charge in [0.25, 0.3) is 11.8 Å². The van der Waals surface area contributed by atoms with Crippen LogP contribution in [0.5, 0.6) is 5.75 Å². The number of hydrogen-bond donors (Lipinski definition) is 3. The number of H-pyrrole nitrogens is 1. The molecule has 2 aliphatic rings. The van der Waals surface area contributed by atoms with Crippen molar-refractivity contribution >= 4 is 34.2 Å². The standard InChI is InChI=1S/C53H68FN5O5/c1-4-5-6-7-8-9-10-11-12-13-14-15-16-17-18-19-20-21-22-24-48(60)55-31-32-56-51(61)46-40-59(41-53(2,3)49-45-30-27-43(54)39-47(45)57-50(46)49)52(62)42-25-28-44(29-26-42)64-36-23-33-58-34-37-63-38-35-58/h5-6,8-9,11-12,14-15,17-18,20-21,25-30,39-40,57H,4,7,10,13,16,19,22-24,31-38,41H2,1-3H3,(H,55,60)(H,56,61). The van der Waals surface area contributed by atoms with Crippen molar-refractivity contribution in [3.05, 3.63) is 144 Å². The van der Waals surface area contributed by atoms with Crippen molar-refractivity contribution in [1.82, 2.24) is 25.4 Å². The number of hydrogen-bond acceptors (Lipinski definition) is 6. The summed E-state index contributed by atoms with van der Waals surface area (Å²) < 4.78 is 25.8. The van der Waals surface area contributed by atoms with Gasteiger partial charge in [0.15, 0.2) is 0 Å². The number of fused-ring (bicyclic) bond motifs is 3. The zero-order valence-corrected chi connectivity index (χ0v) is 38.1. The lowest BCUT2D eigenvalue weighted by Crippen LogP contribution is -2.37. The molecule has 0 spiro atoms. The summed E-state index contributed by atoms with van der Waals surface area (Å²) in [5, 5.41) is 6.59. The van der Waals surface area contributed by atoms with Crippen LogP contribution in [0.3, 0.4) is 0 Å². The Morgan fingerprint density at radius 3 is 2.06 bits per heavy atom. The van der Waals surface area contributed by atoms with Crippen molar-refractivity contribution in [1.29, 1.82) is 0 Å². The van der Waals surface area contributed by atoms with Gasteiger partial charge >= 0.3 is 0 Å². The van der Waals surface area contributed by atoms with Crippen LogP contribution in [0.25, 0.3) is 16.5 Å². The minimum Gasteiger partial charge on any atom is -0.494 e. The lowest BCUT2D eigenvalue weighted by Gasteiger charge is -2.29. The summed E-state index contributed by atoms with van der Waals surface area (Å²) >= 11 is 0. The topological polar surface area (TPSA) is 116 Å². The molecule has 2 aromatic carbocycles. The Morgan fingerprint density at radius 2 is 1.42 bits per heavy atom. The van der Waals surface area contributed by atoms with Crippen molar-refractivity contribution in [2.24, 2.45) is 0 Å². The van der Waals surface area contributed by atoms with Crippen LogP contribution in [0.2, 0.25) is 0 Å². The number of halogens is 1. The Kier molecular flexibility index (Phi) is 20.6. The van der Waals surface area contributed by atoms with Crippen LogP contribution < -0.4 is 15.4 Å². The number of carbonyl (C=O) groups is 3. The highest BCUT2D eigenvalue weighted by Gasteiger charge is 2.37. The van der Waals surface area contributed by atoms with E-state index in [1.54, 1.807) is 41.4 Å². The van der Waals surface area contributed by atoms with Crippen molar-refractivity contribution in [3.63, 3.8) is 0 Å². The summed E-state index contributed by atoms with van der Waals surface area (Å²) in [6.45, 7) is 11.8. The van der Waals surface area contributed by atoms with E-state index < -0.39 is 17.1 Å². The lowest BCUT2D eigenvalue weighted by atomic mass is 9.81. The molecule has 64 heavy (non-hydrogen) atoms. The van der Waals surface area contributed by atoms with Gasteiger partial charge in [-0.15, -0.1) is 0 Å². The van der Waals surface area contributed by atoms with Crippen molar-refractivity contribution in [3.8, 4) is 5.75 Å². The molecule has 0 aliphatic carbocycles. The van der Waals surface area contributed by atoms with E-state index in [-0.39, 0.29) is 37.0 Å². The number of allylic oxidation sites excluding steroid dienone is 12. The van der Waals surface area contributed by atoms with Crippen molar-refractivity contribution in [2.75, 3.05) is 59.1 Å². The minimum absolute atomic E-state index is 0.106. The number of aromatic amines is 1. The highest BCUT2D eigenvalue weighted by Crippen LogP contribution is 2.40. The molecule has 0 saturated carbocycles. The fraction of sp³-hybridized carbons (Fsp3) is 0.415. The number of aromatic nitrogens is 1. The largest absolute Gasteiger partial charge is 0.494 e. The molecule has 342 valence electrons. The number of nitrogens with zero attached hydrogens (tertiary/aromatic N) is 2. The van der Waals surface area contributed by atoms with Gasteiger partial charge < -0.3 is 30.0 Å². The first-order chi connectivity index (χ1) is 31.2. The van der Waals surface area contributed by atoms with Crippen LogP contribution in [-0.4, -0.2) is 91.6 Å². The maximum absolute atomic E-state index is 14.4. The first-order valence-corrected chi connectivity index (χ1v) is 23.0. The molecule has 0 radical (unpaired) electrons. The summed E-state index contributed by atoms with van der Waals surface area (Å²) in [7, 11) is 0. The van der Waals surface area contributed by atoms with Gasteiger partial charge in [-0.05, 0) is 99.4 Å². The van der Waals surface area contributed by atoms with E-state index in [4.69, 9.17) is 9.47 Å². The first-order valence-electron chi connectivity index (χ1n) is 23.0. The van der Waals surface area contributed by atoms with Gasteiger partial charge in [-0.3, -0.25) is 19.3 Å². The Balaban J connectivity index is 1.08. The number of amides is 3. The molecule has 0 bridgehead atoms. The average molecular weight is 874 g/mol. The molecule has 5 rings (SSSR count). The molecule has 10 nitrogen and oxygen atoms in total. The second kappa shape index (κ2) is 26.8. The maximum Gasteiger partial charge on any atom is 0.257 e. The molecule has 1 fully saturated rings. The molecule has 0 unspecified atom stereocenters. The second-order valence-electron chi connectivity index (χ2n) is 16.7. The Bertz CT molecular complexity index is 2170. The highest BCUT2D eigenvalue weighted by molar-refractivity contribution is 6.21. The summed E-state index contributed by atoms with van der Waals surface area (Å²) in [6.07, 6.45) is 34.9. The SMILES string of the molecule is CCC=CCC=CCC=CCC=CCC=CCC=CCCC(=O)NCCNC(=O)C1=CN(C(=O)c2ccc(OCCCN3CCOCC3)cc2)CC(C)(C)c2c1[nH]c1cc(F)ccc21. The Labute approximate surface area is 379 Å². The third-order valence-electron chi connectivity index (χ3n) is 11.0. The van der Waals surface area contributed by atoms with E-state index in [0.29, 0.717) is 42.0 Å². The number of ether oxygens (including phenoxy) is 2. The van der Waals surface area contributed by atoms with Crippen LogP contribution >= 0.6 is 0 Å². The minimum atomic E-state index is -0.625. The van der Waals surface area contributed by atoms with Gasteiger partial charge in [0.05, 0.1) is 31.1 Å². The molecule has 3 heterocycles. The van der Waals surface area contributed by atoms with E-state index in [1.807, 2.05) is 19.9 Å². The number of carbonyl (C=O) groups excluding carboxylic acids is 3. The van der Waals surface area contributed by atoms with E-state index >= 15 is 0 Å². The van der Waals surface area contributed by atoms with E-state index in [0.717, 1.165) is 88.7 Å². The highest BCUT2D eigenvalue weighted by atomic mass is 19.1. The zero-order chi connectivity index (χ0) is 45.4. The quantitative estimate of drug-likeness (QED) is 0.0610. The predicted octanol–water partition coefficient (Wildman–Crippen LogP) is 9.89. The maximum atomic E-state index is 14.4. The molecule has 0 atom stereocenters. The molecule has 3 N–H and O–H groups in total. The average Bonchev–Trinajstić information content (AvgIpc) is 3.63. The van der Waals surface area contributed by atoms with E-state index in [9.17, 15) is 18.8 Å². The fourth-order valence-corrected chi connectivity index (χ4v) is 7.73. The number of rotatable bonds is 24. The first kappa shape index (κ1) is 49.2. The summed E-state index contributed by atoms with van der Waals surface area (Å²) in [5.74, 6) is -0.506. The van der Waals surface area contributed by atoms with E-state index in [1.165, 1.54) is 12.1 Å². The Morgan fingerprint density at radius 1 is 0.812 bits per heavy atom. The molecule has 1 aromatic heterocycles. The fourth-order valence-electron chi connectivity index (χ4n) is 7.73. The summed E-state index contributed by atoms with van der Waals surface area (Å²) in [6, 6.07) is 11.6. The molecule has 2 aliphatic heterocycles. The summed E-state index contributed by atoms with van der Waals surface area (Å²) in [5.41, 5.74) is 1.99. The van der Waals surface area contributed by atoms with E-state index in [2.05, 4.69) is 94.3 Å². The molecule has 11 heteroatoms. The van der Waals surface area contributed by atoms with Gasteiger partial charge in [0, 0.05) is 73.8 Å². The smallest absolute Gasteiger partial charge is 0.257 e. The normalized spacial score (nSPS) is 15.9. The van der Waals surface area contributed by atoms with Crippen LogP contribution in [0.1, 0.15) is 100 Å². The van der Waals surface area contributed by atoms with Crippen LogP contribution in [0.15, 0.2) is 122 Å². The number of benzene rings is 2. The lowest BCUT2D eigenvalue weighted by molar-refractivity contribution is -0.121. The molecule has 3 amide bonds. The third kappa shape index (κ3) is 16.1.